The van der Waals surface area contributed by atoms with Gasteiger partial charge in [-0.05, 0) is 54.1 Å². The van der Waals surface area contributed by atoms with E-state index in [9.17, 15) is 22.4 Å². The largest absolute Gasteiger partial charge is 0.467 e. The summed E-state index contributed by atoms with van der Waals surface area (Å²) in [5.41, 5.74) is 1.16. The molecule has 32 heavy (non-hydrogen) atoms. The standard InChI is InChI=1S/C22H22FN3O5S/c23-18-6-8-20(9-7-18)32(29,30)26-11-10-21(27)24-14-16-3-1-4-17(13-16)22(28)25-15-19-5-2-12-31-19/h1-9,12-13,26H,10-11,14-15H2,(H,24,27)(H,25,28). The van der Waals surface area contributed by atoms with E-state index in [2.05, 4.69) is 15.4 Å². The van der Waals surface area contributed by atoms with Gasteiger partial charge >= 0.3 is 0 Å². The van der Waals surface area contributed by atoms with Gasteiger partial charge in [-0.15, -0.1) is 0 Å². The molecule has 0 aliphatic rings. The molecular formula is C22H22FN3O5S. The molecule has 168 valence electrons. The Bertz CT molecular complexity index is 1160. The van der Waals surface area contributed by atoms with Gasteiger partial charge in [0.15, 0.2) is 0 Å². The van der Waals surface area contributed by atoms with Gasteiger partial charge in [0.25, 0.3) is 5.91 Å². The molecule has 3 N–H and O–H groups in total. The number of sulfonamides is 1. The molecule has 2 amide bonds. The Morgan fingerprint density at radius 1 is 0.938 bits per heavy atom. The highest BCUT2D eigenvalue weighted by Crippen LogP contribution is 2.10. The molecule has 8 nitrogen and oxygen atoms in total. The Labute approximate surface area is 184 Å². The van der Waals surface area contributed by atoms with E-state index in [1.54, 1.807) is 36.4 Å². The second-order valence-corrected chi connectivity index (χ2v) is 8.61. The monoisotopic (exact) mass is 459 g/mol. The molecule has 0 aliphatic carbocycles. The van der Waals surface area contributed by atoms with Crippen molar-refractivity contribution in [3.05, 3.63) is 89.6 Å². The average Bonchev–Trinajstić information content (AvgIpc) is 3.30. The van der Waals surface area contributed by atoms with Gasteiger partial charge in [0.05, 0.1) is 17.7 Å². The molecule has 0 atom stereocenters. The van der Waals surface area contributed by atoms with Gasteiger partial charge in [-0.25, -0.2) is 17.5 Å². The van der Waals surface area contributed by atoms with Crippen LogP contribution in [-0.2, 0) is 27.9 Å². The first-order chi connectivity index (χ1) is 15.3. The Balaban J connectivity index is 1.44. The molecule has 3 rings (SSSR count). The normalized spacial score (nSPS) is 11.2. The smallest absolute Gasteiger partial charge is 0.251 e. The highest BCUT2D eigenvalue weighted by atomic mass is 32.2. The molecule has 0 radical (unpaired) electrons. The summed E-state index contributed by atoms with van der Waals surface area (Å²) in [6, 6.07) is 14.7. The SMILES string of the molecule is O=C(CCNS(=O)(=O)c1ccc(F)cc1)NCc1cccc(C(=O)NCc2ccco2)c1. The first-order valence-corrected chi connectivity index (χ1v) is 11.2. The van der Waals surface area contributed by atoms with Crippen molar-refractivity contribution < 1.29 is 26.8 Å². The maximum Gasteiger partial charge on any atom is 0.251 e. The van der Waals surface area contributed by atoms with Crippen molar-refractivity contribution >= 4 is 21.8 Å². The van der Waals surface area contributed by atoms with Crippen molar-refractivity contribution in [2.75, 3.05) is 6.54 Å². The Kier molecular flexibility index (Phi) is 7.74. The van der Waals surface area contributed by atoms with Crippen LogP contribution in [-0.4, -0.2) is 26.8 Å². The van der Waals surface area contributed by atoms with Crippen molar-refractivity contribution in [3.63, 3.8) is 0 Å². The van der Waals surface area contributed by atoms with E-state index in [1.807, 2.05) is 0 Å². The van der Waals surface area contributed by atoms with E-state index in [0.29, 0.717) is 11.3 Å². The van der Waals surface area contributed by atoms with Crippen LogP contribution in [0, 0.1) is 5.82 Å². The van der Waals surface area contributed by atoms with Crippen LogP contribution >= 0.6 is 0 Å². The number of hydrogen-bond acceptors (Lipinski definition) is 5. The lowest BCUT2D eigenvalue weighted by Crippen LogP contribution is -2.30. The first kappa shape index (κ1) is 23.2. The van der Waals surface area contributed by atoms with Gasteiger partial charge in [0.2, 0.25) is 15.9 Å². The van der Waals surface area contributed by atoms with E-state index in [0.717, 1.165) is 29.8 Å². The fraction of sp³-hybridized carbons (Fsp3) is 0.182. The van der Waals surface area contributed by atoms with Gasteiger partial charge in [-0.1, -0.05) is 12.1 Å². The topological polar surface area (TPSA) is 118 Å². The summed E-state index contributed by atoms with van der Waals surface area (Å²) >= 11 is 0. The summed E-state index contributed by atoms with van der Waals surface area (Å²) in [7, 11) is -3.82. The van der Waals surface area contributed by atoms with E-state index in [-0.39, 0.29) is 42.8 Å². The zero-order valence-electron chi connectivity index (χ0n) is 17.0. The molecule has 3 aromatic rings. The predicted octanol–water partition coefficient (Wildman–Crippen LogP) is 2.33. The van der Waals surface area contributed by atoms with Crippen LogP contribution in [0.15, 0.2) is 76.2 Å². The van der Waals surface area contributed by atoms with Gasteiger partial charge in [-0.3, -0.25) is 9.59 Å². The molecule has 0 bridgehead atoms. The number of furan rings is 1. The van der Waals surface area contributed by atoms with Crippen LogP contribution < -0.4 is 15.4 Å². The summed E-state index contributed by atoms with van der Waals surface area (Å²) in [6.07, 6.45) is 1.45. The minimum Gasteiger partial charge on any atom is -0.467 e. The minimum atomic E-state index is -3.82. The second-order valence-electron chi connectivity index (χ2n) is 6.84. The fourth-order valence-corrected chi connectivity index (χ4v) is 3.82. The number of amides is 2. The average molecular weight is 459 g/mol. The number of halogens is 1. The molecule has 0 unspecified atom stereocenters. The number of hydrogen-bond donors (Lipinski definition) is 3. The predicted molar refractivity (Wildman–Crippen MR) is 114 cm³/mol. The van der Waals surface area contributed by atoms with Crippen molar-refractivity contribution in [1.29, 1.82) is 0 Å². The van der Waals surface area contributed by atoms with E-state index in [4.69, 9.17) is 4.42 Å². The number of carbonyl (C=O) groups excluding carboxylic acids is 2. The second kappa shape index (κ2) is 10.7. The number of nitrogens with one attached hydrogen (secondary N) is 3. The minimum absolute atomic E-state index is 0.0796. The highest BCUT2D eigenvalue weighted by Gasteiger charge is 2.14. The van der Waals surface area contributed by atoms with Crippen LogP contribution in [0.3, 0.4) is 0 Å². The molecule has 0 spiro atoms. The molecular weight excluding hydrogens is 437 g/mol. The maximum absolute atomic E-state index is 12.9. The van der Waals surface area contributed by atoms with Crippen LogP contribution in [0.5, 0.6) is 0 Å². The van der Waals surface area contributed by atoms with Crippen LogP contribution in [0.4, 0.5) is 4.39 Å². The lowest BCUT2D eigenvalue weighted by atomic mass is 10.1. The third-order valence-corrected chi connectivity index (χ3v) is 5.93. The summed E-state index contributed by atoms with van der Waals surface area (Å²) in [4.78, 5) is 24.2. The Morgan fingerprint density at radius 3 is 2.44 bits per heavy atom. The van der Waals surface area contributed by atoms with Crippen molar-refractivity contribution in [3.8, 4) is 0 Å². The maximum atomic E-state index is 12.9. The number of benzene rings is 2. The number of carbonyl (C=O) groups is 2. The van der Waals surface area contributed by atoms with Gasteiger partial charge in [0, 0.05) is 25.1 Å². The van der Waals surface area contributed by atoms with Crippen molar-refractivity contribution in [1.82, 2.24) is 15.4 Å². The van der Waals surface area contributed by atoms with Gasteiger partial charge < -0.3 is 15.1 Å². The molecule has 2 aromatic carbocycles. The zero-order chi connectivity index (χ0) is 23.0. The quantitative estimate of drug-likeness (QED) is 0.430. The zero-order valence-corrected chi connectivity index (χ0v) is 17.8. The molecule has 0 saturated heterocycles. The van der Waals surface area contributed by atoms with E-state index in [1.165, 1.54) is 6.26 Å². The summed E-state index contributed by atoms with van der Waals surface area (Å²) in [6.45, 7) is 0.338. The molecule has 0 saturated carbocycles. The Hall–Kier alpha value is -3.50. The molecule has 1 aromatic heterocycles. The number of rotatable bonds is 10. The highest BCUT2D eigenvalue weighted by molar-refractivity contribution is 7.89. The third-order valence-electron chi connectivity index (χ3n) is 4.45. The summed E-state index contributed by atoms with van der Waals surface area (Å²) < 4.78 is 44.7. The third kappa shape index (κ3) is 6.76. The van der Waals surface area contributed by atoms with Gasteiger partial charge in [-0.2, -0.15) is 0 Å². The van der Waals surface area contributed by atoms with E-state index < -0.39 is 15.8 Å². The lowest BCUT2D eigenvalue weighted by molar-refractivity contribution is -0.121. The molecule has 0 aliphatic heterocycles. The first-order valence-electron chi connectivity index (χ1n) is 9.75. The summed E-state index contributed by atoms with van der Waals surface area (Å²) in [5.74, 6) is -0.538. The Morgan fingerprint density at radius 2 is 1.72 bits per heavy atom. The lowest BCUT2D eigenvalue weighted by Gasteiger charge is -2.09. The van der Waals surface area contributed by atoms with Crippen molar-refractivity contribution in [2.45, 2.75) is 24.4 Å². The van der Waals surface area contributed by atoms with Crippen LogP contribution in [0.25, 0.3) is 0 Å². The fourth-order valence-electron chi connectivity index (χ4n) is 2.79. The molecule has 1 heterocycles. The van der Waals surface area contributed by atoms with Crippen molar-refractivity contribution in [2.24, 2.45) is 0 Å². The molecule has 10 heteroatoms. The van der Waals surface area contributed by atoms with Crippen LogP contribution in [0.2, 0.25) is 0 Å². The van der Waals surface area contributed by atoms with E-state index >= 15 is 0 Å². The van der Waals surface area contributed by atoms with Crippen LogP contribution in [0.1, 0.15) is 28.1 Å². The summed E-state index contributed by atoms with van der Waals surface area (Å²) in [5, 5.41) is 5.43. The molecule has 0 fully saturated rings. The van der Waals surface area contributed by atoms with Gasteiger partial charge in [0.1, 0.15) is 11.6 Å².